The third-order valence-corrected chi connectivity index (χ3v) is 7.68. The minimum absolute atomic E-state index is 0.217. The summed E-state index contributed by atoms with van der Waals surface area (Å²) in [4.78, 5) is 14.7. The largest absolute Gasteiger partial charge is 0.478 e. The summed E-state index contributed by atoms with van der Waals surface area (Å²) >= 11 is 6.92. The molecule has 0 amide bonds. The Labute approximate surface area is 231 Å². The molecule has 7 rings (SSSR count). The van der Waals surface area contributed by atoms with Gasteiger partial charge in [-0.05, 0) is 87.1 Å². The second-order valence-corrected chi connectivity index (χ2v) is 10.0. The number of hydrogen-bond donors (Lipinski definition) is 1. The fraction of sp³-hybridized carbons (Fsp3) is 0. The molecule has 1 aliphatic carbocycles. The van der Waals surface area contributed by atoms with Crippen LogP contribution in [0.25, 0.3) is 44.2 Å². The van der Waals surface area contributed by atoms with E-state index in [1.54, 1.807) is 6.07 Å². The zero-order chi connectivity index (χ0) is 26.5. The molecular weight excluding hydrogens is 502 g/mol. The lowest BCUT2D eigenvalue weighted by Crippen LogP contribution is -2.11. The van der Waals surface area contributed by atoms with Gasteiger partial charge in [0.1, 0.15) is 0 Å². The molecule has 0 bridgehead atoms. The van der Waals surface area contributed by atoms with Gasteiger partial charge in [0.15, 0.2) is 0 Å². The van der Waals surface area contributed by atoms with Crippen LogP contribution in [0.1, 0.15) is 10.4 Å². The van der Waals surface area contributed by atoms with Crippen molar-refractivity contribution >= 4 is 45.4 Å². The molecule has 6 aromatic carbocycles. The standard InChI is InChI=1S/C35H22ClNO2/c36-32-20-23(19-30-28-15-7-9-22-10-8-16-29(33(22)28)34(30)32)27-18-17-26(21-31(27)35(38)39)37(24-11-3-1-4-12-24)25-13-5-2-6-14-25/h1-21H,(H,38,39). The molecule has 1 aliphatic rings. The van der Waals surface area contributed by atoms with Gasteiger partial charge >= 0.3 is 5.97 Å². The SMILES string of the molecule is O=C(O)c1cc(N(c2ccccc2)c2ccccc2)ccc1-c1cc(Cl)c2c(c1)-c1cccc3cccc-2c13. The van der Waals surface area contributed by atoms with Gasteiger partial charge in [0.2, 0.25) is 0 Å². The molecule has 0 saturated carbocycles. The zero-order valence-electron chi connectivity index (χ0n) is 20.8. The van der Waals surface area contributed by atoms with Crippen LogP contribution in [0, 0.1) is 0 Å². The monoisotopic (exact) mass is 523 g/mol. The Balaban J connectivity index is 1.40. The van der Waals surface area contributed by atoms with E-state index in [0.29, 0.717) is 10.6 Å². The number of benzene rings is 6. The highest BCUT2D eigenvalue weighted by molar-refractivity contribution is 6.36. The van der Waals surface area contributed by atoms with E-state index in [0.717, 1.165) is 50.3 Å². The van der Waals surface area contributed by atoms with Crippen LogP contribution >= 0.6 is 11.6 Å². The Bertz CT molecular complexity index is 1850. The molecule has 0 saturated heterocycles. The Kier molecular flexibility index (Phi) is 5.46. The van der Waals surface area contributed by atoms with E-state index in [9.17, 15) is 9.90 Å². The van der Waals surface area contributed by atoms with Gasteiger partial charge in [-0.3, -0.25) is 0 Å². The van der Waals surface area contributed by atoms with Gasteiger partial charge in [-0.2, -0.15) is 0 Å². The summed E-state index contributed by atoms with van der Waals surface area (Å²) in [6.45, 7) is 0. The Morgan fingerprint density at radius 2 is 1.23 bits per heavy atom. The quantitative estimate of drug-likeness (QED) is 0.244. The van der Waals surface area contributed by atoms with Crippen molar-refractivity contribution in [2.45, 2.75) is 0 Å². The third-order valence-electron chi connectivity index (χ3n) is 7.39. The number of para-hydroxylation sites is 2. The van der Waals surface area contributed by atoms with Crippen LogP contribution in [0.2, 0.25) is 5.02 Å². The number of fused-ring (bicyclic) bond motifs is 3. The first-order chi connectivity index (χ1) is 19.1. The maximum Gasteiger partial charge on any atom is 0.336 e. The number of hydrogen-bond acceptors (Lipinski definition) is 2. The minimum atomic E-state index is -0.991. The number of rotatable bonds is 5. The van der Waals surface area contributed by atoms with Crippen molar-refractivity contribution in [3.05, 3.63) is 138 Å². The normalized spacial score (nSPS) is 11.4. The van der Waals surface area contributed by atoms with E-state index in [-0.39, 0.29) is 5.56 Å². The molecule has 0 aromatic heterocycles. The summed E-state index contributed by atoms with van der Waals surface area (Å²) in [5.74, 6) is -0.991. The van der Waals surface area contributed by atoms with Crippen molar-refractivity contribution in [3.8, 4) is 33.4 Å². The third kappa shape index (κ3) is 3.79. The molecule has 0 spiro atoms. The molecule has 186 valence electrons. The number of carbonyl (C=O) groups is 1. The van der Waals surface area contributed by atoms with Crippen molar-refractivity contribution in [3.63, 3.8) is 0 Å². The lowest BCUT2D eigenvalue weighted by molar-refractivity contribution is 0.0697. The van der Waals surface area contributed by atoms with Crippen LogP contribution < -0.4 is 4.90 Å². The summed E-state index contributed by atoms with van der Waals surface area (Å²) in [6.07, 6.45) is 0. The number of carboxylic acid groups (broad SMARTS) is 1. The molecule has 0 fully saturated rings. The molecular formula is C35H22ClNO2. The zero-order valence-corrected chi connectivity index (χ0v) is 21.6. The summed E-state index contributed by atoms with van der Waals surface area (Å²) in [5.41, 5.74) is 8.53. The van der Waals surface area contributed by atoms with Crippen LogP contribution in [0.5, 0.6) is 0 Å². The number of halogens is 1. The molecule has 1 N–H and O–H groups in total. The van der Waals surface area contributed by atoms with Crippen LogP contribution in [-0.4, -0.2) is 11.1 Å². The number of nitrogens with zero attached hydrogens (tertiary/aromatic N) is 1. The first-order valence-corrected chi connectivity index (χ1v) is 13.1. The van der Waals surface area contributed by atoms with Crippen molar-refractivity contribution in [2.24, 2.45) is 0 Å². The van der Waals surface area contributed by atoms with E-state index in [4.69, 9.17) is 11.6 Å². The van der Waals surface area contributed by atoms with Crippen LogP contribution in [-0.2, 0) is 0 Å². The summed E-state index contributed by atoms with van der Waals surface area (Å²) in [5, 5.41) is 13.3. The molecule has 0 atom stereocenters. The predicted octanol–water partition coefficient (Wildman–Crippen LogP) is 9.98. The molecule has 39 heavy (non-hydrogen) atoms. The number of anilines is 3. The Hall–Kier alpha value is -4.86. The van der Waals surface area contributed by atoms with E-state index in [1.165, 1.54) is 5.39 Å². The molecule has 4 heteroatoms. The minimum Gasteiger partial charge on any atom is -0.478 e. The molecule has 0 aliphatic heterocycles. The highest BCUT2D eigenvalue weighted by atomic mass is 35.5. The van der Waals surface area contributed by atoms with Crippen molar-refractivity contribution < 1.29 is 9.90 Å². The average molecular weight is 524 g/mol. The van der Waals surface area contributed by atoms with Gasteiger partial charge in [-0.1, -0.05) is 90.5 Å². The van der Waals surface area contributed by atoms with Gasteiger partial charge < -0.3 is 10.0 Å². The fourth-order valence-electron chi connectivity index (χ4n) is 5.72. The van der Waals surface area contributed by atoms with Gasteiger partial charge in [-0.15, -0.1) is 0 Å². The molecule has 0 unspecified atom stereocenters. The molecule has 3 nitrogen and oxygen atoms in total. The maximum absolute atomic E-state index is 12.6. The molecule has 6 aromatic rings. The number of aromatic carboxylic acids is 1. The Morgan fingerprint density at radius 3 is 1.87 bits per heavy atom. The topological polar surface area (TPSA) is 40.5 Å². The van der Waals surface area contributed by atoms with Crippen molar-refractivity contribution in [1.82, 2.24) is 0 Å². The smallest absolute Gasteiger partial charge is 0.336 e. The van der Waals surface area contributed by atoms with E-state index >= 15 is 0 Å². The first-order valence-electron chi connectivity index (χ1n) is 12.7. The lowest BCUT2D eigenvalue weighted by Gasteiger charge is -2.26. The summed E-state index contributed by atoms with van der Waals surface area (Å²) < 4.78 is 0. The van der Waals surface area contributed by atoms with Crippen LogP contribution in [0.4, 0.5) is 17.1 Å². The summed E-state index contributed by atoms with van der Waals surface area (Å²) in [6, 6.07) is 42.0. The second kappa shape index (κ2) is 9.16. The number of carboxylic acids is 1. The van der Waals surface area contributed by atoms with Crippen LogP contribution in [0.3, 0.4) is 0 Å². The summed E-state index contributed by atoms with van der Waals surface area (Å²) in [7, 11) is 0. The van der Waals surface area contributed by atoms with Gasteiger partial charge in [0.05, 0.1) is 5.56 Å². The average Bonchev–Trinajstić information content (AvgIpc) is 3.30. The second-order valence-electron chi connectivity index (χ2n) is 9.63. The molecule has 0 radical (unpaired) electrons. The lowest BCUT2D eigenvalue weighted by atomic mass is 9.94. The van der Waals surface area contributed by atoms with E-state index in [2.05, 4.69) is 41.3 Å². The van der Waals surface area contributed by atoms with E-state index in [1.807, 2.05) is 84.9 Å². The highest BCUT2D eigenvalue weighted by Crippen LogP contribution is 2.51. The van der Waals surface area contributed by atoms with Crippen molar-refractivity contribution in [2.75, 3.05) is 4.90 Å². The predicted molar refractivity (Wildman–Crippen MR) is 160 cm³/mol. The van der Waals surface area contributed by atoms with E-state index < -0.39 is 5.97 Å². The van der Waals surface area contributed by atoms with Gasteiger partial charge in [0, 0.05) is 27.6 Å². The maximum atomic E-state index is 12.6. The van der Waals surface area contributed by atoms with Crippen LogP contribution in [0.15, 0.2) is 127 Å². The Morgan fingerprint density at radius 1 is 0.590 bits per heavy atom. The molecule has 0 heterocycles. The van der Waals surface area contributed by atoms with Gasteiger partial charge in [0.25, 0.3) is 0 Å². The van der Waals surface area contributed by atoms with Crippen molar-refractivity contribution in [1.29, 1.82) is 0 Å². The highest BCUT2D eigenvalue weighted by Gasteiger charge is 2.26. The first kappa shape index (κ1) is 23.3. The fourth-order valence-corrected chi connectivity index (χ4v) is 6.04. The van der Waals surface area contributed by atoms with Gasteiger partial charge in [-0.25, -0.2) is 4.79 Å².